The molecule has 2 bridgehead atoms. The summed E-state index contributed by atoms with van der Waals surface area (Å²) in [5.74, 6) is -3.73. The number of phenolic OH excluding ortho intramolecular Hbond substituents is 2. The molecule has 0 amide bonds. The van der Waals surface area contributed by atoms with Gasteiger partial charge >= 0.3 is 0 Å². The molecule has 1 aliphatic heterocycles. The van der Waals surface area contributed by atoms with Crippen molar-refractivity contribution in [2.75, 3.05) is 6.61 Å². The highest BCUT2D eigenvalue weighted by Gasteiger charge is 2.84. The lowest BCUT2D eigenvalue weighted by molar-refractivity contribution is -0.253. The Morgan fingerprint density at radius 1 is 0.945 bits per heavy atom. The number of allylic oxidation sites excluding steroid dienone is 2. The molecule has 1 aromatic rings. The van der Waals surface area contributed by atoms with E-state index in [1.165, 1.54) is 12.1 Å². The van der Waals surface area contributed by atoms with E-state index < -0.39 is 74.7 Å². The smallest absolute Gasteiger partial charge is 0.160 e. The molecule has 11 rings (SSSR count). The fourth-order valence-electron chi connectivity index (χ4n) is 16.6. The number of fused-ring (bicyclic) bond motifs is 14. The minimum atomic E-state index is -1.70. The number of ketones is 1. The lowest BCUT2D eigenvalue weighted by atomic mass is 9.36. The second kappa shape index (κ2) is 11.0. The number of carbonyl (C=O) groups excluding carboxylic acids is 1. The zero-order valence-corrected chi connectivity index (χ0v) is 32.7. The van der Waals surface area contributed by atoms with Crippen LogP contribution in [0, 0.1) is 51.2 Å². The largest absolute Gasteiger partial charge is 0.508 e. The van der Waals surface area contributed by atoms with E-state index in [0.29, 0.717) is 29.5 Å². The van der Waals surface area contributed by atoms with Gasteiger partial charge in [0.25, 0.3) is 0 Å². The standard InChI is InChI=1S/C45H60O10/c1-23-37(51)45(24-7-12-38(23,2)13-8-24)43(53,15-16-46)36-31(55-45)20-44(54)28-19-30(49)34-33-27-17-25(47)18-29(48)26(27)9-14-42(33,52)32(50)21-39(34,3)35(28)41(10-5-6-11-41)22-40(36,44)4/h7,12,17-19,23-24,31-37,46-48,50-54H,5-6,8-11,13-16,20-22H2,1-4H3/t23-,24-,31-,32-,33+,34-,35+,36+,37-,38-,39-,40+,42+,43+,44-,45-/m0/s1. The average Bonchev–Trinajstić information content (AvgIpc) is 3.71. The third-order valence-electron chi connectivity index (χ3n) is 18.9. The molecule has 55 heavy (non-hydrogen) atoms. The first-order chi connectivity index (χ1) is 25.8. The Kier molecular flexibility index (Phi) is 7.42. The number of aliphatic hydroxyl groups is 6. The topological polar surface area (TPSA) is 188 Å². The third kappa shape index (κ3) is 4.04. The van der Waals surface area contributed by atoms with Gasteiger partial charge < -0.3 is 45.6 Å². The SMILES string of the molecule is C[C@H]1[C@H](O)[C@@]2(O[C@H]3C[C@]4(O)C5=CC(=O)[C@H]6[C@H]7c8cc(O)cc(O)c8CC[C@@]7(O)[C@@H](O)C[C@]6(C)[C@@H]5C5(CCCC5)C[C@]4(C)[C@@H]3[C@]2(O)CCO)[C@H]2C=C[C@@]1(C)CC2. The molecule has 16 atom stereocenters. The van der Waals surface area contributed by atoms with Crippen LogP contribution in [0.15, 0.2) is 35.9 Å². The summed E-state index contributed by atoms with van der Waals surface area (Å²) in [5, 5.41) is 96.5. The fourth-order valence-corrected chi connectivity index (χ4v) is 16.6. The van der Waals surface area contributed by atoms with Crippen LogP contribution in [0.2, 0.25) is 0 Å². The summed E-state index contributed by atoms with van der Waals surface area (Å²) in [4.78, 5) is 15.1. The molecule has 9 aliphatic carbocycles. The first-order valence-corrected chi connectivity index (χ1v) is 21.1. The molecule has 1 saturated heterocycles. The molecular weight excluding hydrogens is 700 g/mol. The molecule has 0 aromatic heterocycles. The van der Waals surface area contributed by atoms with E-state index in [2.05, 4.69) is 32.9 Å². The molecule has 1 heterocycles. The van der Waals surface area contributed by atoms with Crippen molar-refractivity contribution in [2.24, 2.45) is 51.2 Å². The van der Waals surface area contributed by atoms with Gasteiger partial charge in [-0.25, -0.2) is 0 Å². The zero-order chi connectivity index (χ0) is 39.1. The molecule has 10 nitrogen and oxygen atoms in total. The highest BCUT2D eigenvalue weighted by Crippen LogP contribution is 2.80. The van der Waals surface area contributed by atoms with Crippen molar-refractivity contribution in [2.45, 2.75) is 151 Å². The van der Waals surface area contributed by atoms with Crippen LogP contribution < -0.4 is 0 Å². The summed E-state index contributed by atoms with van der Waals surface area (Å²) in [7, 11) is 0. The molecule has 10 aliphatic rings. The summed E-state index contributed by atoms with van der Waals surface area (Å²) in [6, 6.07) is 2.81. The van der Waals surface area contributed by atoms with E-state index in [0.717, 1.165) is 38.5 Å². The maximum Gasteiger partial charge on any atom is 0.160 e. The van der Waals surface area contributed by atoms with Gasteiger partial charge in [-0.2, -0.15) is 0 Å². The van der Waals surface area contributed by atoms with Crippen LogP contribution in [-0.4, -0.2) is 94.0 Å². The quantitative estimate of drug-likeness (QED) is 0.202. The third-order valence-corrected chi connectivity index (χ3v) is 18.9. The Labute approximate surface area is 323 Å². The van der Waals surface area contributed by atoms with Crippen LogP contribution in [0.5, 0.6) is 11.5 Å². The molecule has 2 spiro atoms. The molecule has 0 unspecified atom stereocenters. The van der Waals surface area contributed by atoms with Gasteiger partial charge in [0.1, 0.15) is 22.7 Å². The Bertz CT molecular complexity index is 1920. The number of hydrogen-bond donors (Lipinski definition) is 8. The number of aliphatic hydroxyl groups excluding tert-OH is 3. The second-order valence-electron chi connectivity index (χ2n) is 20.9. The van der Waals surface area contributed by atoms with Crippen molar-refractivity contribution in [3.8, 4) is 11.5 Å². The van der Waals surface area contributed by atoms with Gasteiger partial charge in [-0.15, -0.1) is 0 Å². The van der Waals surface area contributed by atoms with Gasteiger partial charge in [0.05, 0.1) is 29.5 Å². The van der Waals surface area contributed by atoms with E-state index in [-0.39, 0.29) is 72.7 Å². The average molecular weight is 761 g/mol. The first kappa shape index (κ1) is 37.0. The van der Waals surface area contributed by atoms with Gasteiger partial charge in [0.15, 0.2) is 5.78 Å². The maximum atomic E-state index is 15.1. The predicted octanol–water partition coefficient (Wildman–Crippen LogP) is 4.33. The van der Waals surface area contributed by atoms with Gasteiger partial charge in [0, 0.05) is 54.6 Å². The number of ether oxygens (including phenoxy) is 1. The monoisotopic (exact) mass is 760 g/mol. The van der Waals surface area contributed by atoms with Crippen LogP contribution in [0.4, 0.5) is 0 Å². The molecule has 5 saturated carbocycles. The maximum absolute atomic E-state index is 15.1. The van der Waals surface area contributed by atoms with E-state index in [4.69, 9.17) is 4.74 Å². The Hall–Kier alpha value is -2.31. The van der Waals surface area contributed by atoms with Gasteiger partial charge in [-0.3, -0.25) is 4.79 Å². The molecule has 0 radical (unpaired) electrons. The fraction of sp³-hybridized carbons (Fsp3) is 0.756. The summed E-state index contributed by atoms with van der Waals surface area (Å²) in [5.41, 5.74) is -7.28. The van der Waals surface area contributed by atoms with Gasteiger partial charge in [0.2, 0.25) is 0 Å². The van der Waals surface area contributed by atoms with Crippen LogP contribution in [0.25, 0.3) is 0 Å². The Morgan fingerprint density at radius 3 is 2.35 bits per heavy atom. The molecule has 10 heteroatoms. The molecule has 6 fully saturated rings. The summed E-state index contributed by atoms with van der Waals surface area (Å²) >= 11 is 0. The number of aromatic hydroxyl groups is 2. The number of rotatable bonds is 2. The predicted molar refractivity (Wildman–Crippen MR) is 201 cm³/mol. The number of benzene rings is 1. The van der Waals surface area contributed by atoms with Gasteiger partial charge in [-0.1, -0.05) is 52.7 Å². The van der Waals surface area contributed by atoms with E-state index in [1.54, 1.807) is 6.08 Å². The Balaban J connectivity index is 1.15. The molecule has 1 aromatic carbocycles. The highest BCUT2D eigenvalue weighted by molar-refractivity contribution is 5.96. The van der Waals surface area contributed by atoms with Crippen molar-refractivity contribution in [3.63, 3.8) is 0 Å². The van der Waals surface area contributed by atoms with Crippen molar-refractivity contribution in [3.05, 3.63) is 47.1 Å². The van der Waals surface area contributed by atoms with Crippen molar-refractivity contribution < 1.29 is 50.4 Å². The van der Waals surface area contributed by atoms with Crippen molar-refractivity contribution in [1.29, 1.82) is 0 Å². The molecule has 300 valence electrons. The van der Waals surface area contributed by atoms with Gasteiger partial charge in [-0.05, 0) is 108 Å². The Morgan fingerprint density at radius 2 is 1.67 bits per heavy atom. The summed E-state index contributed by atoms with van der Waals surface area (Å²) < 4.78 is 7.24. The molecular formula is C45H60O10. The van der Waals surface area contributed by atoms with Crippen molar-refractivity contribution >= 4 is 5.78 Å². The second-order valence-corrected chi connectivity index (χ2v) is 20.9. The minimum absolute atomic E-state index is 0.0234. The normalized spacial score (nSPS) is 54.0. The molecule has 8 N–H and O–H groups in total. The van der Waals surface area contributed by atoms with Crippen LogP contribution in [0.3, 0.4) is 0 Å². The number of carbonyl (C=O) groups is 1. The summed E-state index contributed by atoms with van der Waals surface area (Å²) in [6.07, 6.45) is 9.37. The van der Waals surface area contributed by atoms with E-state index in [9.17, 15) is 40.9 Å². The minimum Gasteiger partial charge on any atom is -0.508 e. The first-order valence-electron chi connectivity index (χ1n) is 21.1. The van der Waals surface area contributed by atoms with Crippen molar-refractivity contribution in [1.82, 2.24) is 0 Å². The van der Waals surface area contributed by atoms with E-state index >= 15 is 4.79 Å². The number of hydrogen-bond acceptors (Lipinski definition) is 10. The highest BCUT2D eigenvalue weighted by atomic mass is 16.6. The lowest BCUT2D eigenvalue weighted by Gasteiger charge is -2.69. The number of phenols is 2. The lowest BCUT2D eigenvalue weighted by Crippen LogP contribution is -2.72. The van der Waals surface area contributed by atoms with Crippen LogP contribution in [0.1, 0.15) is 115 Å². The van der Waals surface area contributed by atoms with Crippen LogP contribution >= 0.6 is 0 Å². The van der Waals surface area contributed by atoms with E-state index in [1.807, 2.05) is 6.92 Å². The van der Waals surface area contributed by atoms with Crippen LogP contribution in [-0.2, 0) is 16.0 Å². The summed E-state index contributed by atoms with van der Waals surface area (Å²) in [6.45, 7) is 7.96. The zero-order valence-electron chi connectivity index (χ0n) is 32.7.